The van der Waals surface area contributed by atoms with Gasteiger partial charge in [-0.25, -0.2) is 4.39 Å². The minimum atomic E-state index is -0.201. The monoisotopic (exact) mass is 330 g/mol. The maximum absolute atomic E-state index is 13.2. The molecule has 0 aliphatic rings. The van der Waals surface area contributed by atoms with Gasteiger partial charge in [0.2, 0.25) is 0 Å². The Hall–Kier alpha value is -1.87. The smallest absolute Gasteiger partial charge is 0.123 e. The first-order valence-corrected chi connectivity index (χ1v) is 8.55. The molecule has 3 heteroatoms. The zero-order valence-corrected chi connectivity index (χ0v) is 14.7. The minimum Gasteiger partial charge on any atom is -0.490 e. The molecular weight excluding hydrogens is 303 g/mol. The molecule has 0 radical (unpaired) electrons. The van der Waals surface area contributed by atoms with Crippen LogP contribution in [0.2, 0.25) is 0 Å². The van der Waals surface area contributed by atoms with Gasteiger partial charge in [0.05, 0.1) is 0 Å². The SMILES string of the molecule is COCC[C@H](Cc1ccc(F)cc1)[C@@H](Oc1ccccc1)C(C)C. The number of hydrogen-bond acceptors (Lipinski definition) is 2. The molecule has 0 saturated heterocycles. The Morgan fingerprint density at radius 1 is 0.958 bits per heavy atom. The Balaban J connectivity index is 2.16. The van der Waals surface area contributed by atoms with Crippen LogP contribution in [0, 0.1) is 17.7 Å². The molecule has 0 aliphatic carbocycles. The number of methoxy groups -OCH3 is 1. The van der Waals surface area contributed by atoms with Gasteiger partial charge in [0.25, 0.3) is 0 Å². The van der Waals surface area contributed by atoms with Crippen LogP contribution < -0.4 is 4.74 Å². The first-order valence-electron chi connectivity index (χ1n) is 8.55. The van der Waals surface area contributed by atoms with Gasteiger partial charge < -0.3 is 9.47 Å². The minimum absolute atomic E-state index is 0.0765. The van der Waals surface area contributed by atoms with E-state index in [0.29, 0.717) is 18.4 Å². The molecule has 2 aromatic carbocycles. The molecule has 0 aliphatic heterocycles. The summed E-state index contributed by atoms with van der Waals surface area (Å²) in [6, 6.07) is 16.7. The van der Waals surface area contributed by atoms with Gasteiger partial charge >= 0.3 is 0 Å². The first kappa shape index (κ1) is 18.5. The molecule has 2 atom stereocenters. The predicted octanol–water partition coefficient (Wildman–Crippen LogP) is 5.12. The van der Waals surface area contributed by atoms with Crippen molar-refractivity contribution in [1.82, 2.24) is 0 Å². The highest BCUT2D eigenvalue weighted by atomic mass is 19.1. The summed E-state index contributed by atoms with van der Waals surface area (Å²) in [5, 5.41) is 0. The van der Waals surface area contributed by atoms with E-state index < -0.39 is 0 Å². The van der Waals surface area contributed by atoms with Crippen LogP contribution >= 0.6 is 0 Å². The van der Waals surface area contributed by atoms with Crippen LogP contribution in [0.4, 0.5) is 4.39 Å². The topological polar surface area (TPSA) is 18.5 Å². The summed E-state index contributed by atoms with van der Waals surface area (Å²) in [5.74, 6) is 1.36. The highest BCUT2D eigenvalue weighted by molar-refractivity contribution is 5.22. The molecule has 0 aromatic heterocycles. The number of para-hydroxylation sites is 1. The van der Waals surface area contributed by atoms with Crippen molar-refractivity contribution in [2.45, 2.75) is 32.8 Å². The number of ether oxygens (including phenoxy) is 2. The highest BCUT2D eigenvalue weighted by Crippen LogP contribution is 2.26. The van der Waals surface area contributed by atoms with Crippen LogP contribution in [-0.2, 0) is 11.2 Å². The van der Waals surface area contributed by atoms with Crippen molar-refractivity contribution >= 4 is 0 Å². The van der Waals surface area contributed by atoms with Crippen molar-refractivity contribution in [2.24, 2.45) is 11.8 Å². The Morgan fingerprint density at radius 3 is 2.21 bits per heavy atom. The van der Waals surface area contributed by atoms with E-state index in [0.717, 1.165) is 24.2 Å². The lowest BCUT2D eigenvalue weighted by atomic mass is 9.85. The molecule has 0 amide bonds. The second-order valence-electron chi connectivity index (χ2n) is 6.51. The number of benzene rings is 2. The van der Waals surface area contributed by atoms with Gasteiger partial charge in [0.15, 0.2) is 0 Å². The molecule has 0 bridgehead atoms. The van der Waals surface area contributed by atoms with E-state index in [1.54, 1.807) is 7.11 Å². The zero-order valence-electron chi connectivity index (χ0n) is 14.7. The second-order valence-corrected chi connectivity index (χ2v) is 6.51. The second kappa shape index (κ2) is 9.43. The van der Waals surface area contributed by atoms with Crippen LogP contribution in [0.25, 0.3) is 0 Å². The molecule has 0 N–H and O–H groups in total. The molecule has 24 heavy (non-hydrogen) atoms. The fourth-order valence-corrected chi connectivity index (χ4v) is 3.01. The summed E-state index contributed by atoms with van der Waals surface area (Å²) in [6.07, 6.45) is 1.83. The van der Waals surface area contributed by atoms with E-state index in [4.69, 9.17) is 9.47 Å². The van der Waals surface area contributed by atoms with E-state index in [9.17, 15) is 4.39 Å². The van der Waals surface area contributed by atoms with Crippen LogP contribution in [0.5, 0.6) is 5.75 Å². The fourth-order valence-electron chi connectivity index (χ4n) is 3.01. The van der Waals surface area contributed by atoms with Crippen molar-refractivity contribution in [3.8, 4) is 5.75 Å². The molecule has 130 valence electrons. The molecule has 2 rings (SSSR count). The average molecular weight is 330 g/mol. The Morgan fingerprint density at radius 2 is 1.62 bits per heavy atom. The summed E-state index contributed by atoms with van der Waals surface area (Å²) >= 11 is 0. The molecule has 2 nitrogen and oxygen atoms in total. The van der Waals surface area contributed by atoms with Gasteiger partial charge in [-0.05, 0) is 48.6 Å². The summed E-state index contributed by atoms with van der Waals surface area (Å²) in [7, 11) is 1.72. The zero-order chi connectivity index (χ0) is 17.4. The molecule has 0 unspecified atom stereocenters. The van der Waals surface area contributed by atoms with Gasteiger partial charge in [-0.3, -0.25) is 0 Å². The maximum Gasteiger partial charge on any atom is 0.123 e. The third-order valence-electron chi connectivity index (χ3n) is 4.24. The van der Waals surface area contributed by atoms with Crippen LogP contribution in [-0.4, -0.2) is 19.8 Å². The van der Waals surface area contributed by atoms with E-state index in [1.165, 1.54) is 12.1 Å². The van der Waals surface area contributed by atoms with Crippen molar-refractivity contribution < 1.29 is 13.9 Å². The molecule has 0 spiro atoms. The van der Waals surface area contributed by atoms with Crippen molar-refractivity contribution in [1.29, 1.82) is 0 Å². The van der Waals surface area contributed by atoms with E-state index in [-0.39, 0.29) is 11.9 Å². The van der Waals surface area contributed by atoms with Gasteiger partial charge in [-0.2, -0.15) is 0 Å². The third-order valence-corrected chi connectivity index (χ3v) is 4.24. The van der Waals surface area contributed by atoms with Gasteiger partial charge in [0, 0.05) is 19.6 Å². The van der Waals surface area contributed by atoms with Crippen molar-refractivity contribution in [3.05, 3.63) is 66.0 Å². The lowest BCUT2D eigenvalue weighted by Crippen LogP contribution is -2.34. The van der Waals surface area contributed by atoms with Gasteiger partial charge in [-0.1, -0.05) is 44.2 Å². The van der Waals surface area contributed by atoms with Crippen LogP contribution in [0.15, 0.2) is 54.6 Å². The maximum atomic E-state index is 13.2. The molecular formula is C21H27FO2. The average Bonchev–Trinajstić information content (AvgIpc) is 2.59. The standard InChI is InChI=1S/C21H27FO2/c1-16(2)21(24-20-7-5-4-6-8-20)18(13-14-23-3)15-17-9-11-19(22)12-10-17/h4-12,16,18,21H,13-15H2,1-3H3/t18-,21+/m1/s1. The van der Waals surface area contributed by atoms with Gasteiger partial charge in [0.1, 0.15) is 17.7 Å². The predicted molar refractivity (Wildman–Crippen MR) is 95.8 cm³/mol. The summed E-state index contributed by atoms with van der Waals surface area (Å²) in [6.45, 7) is 5.05. The Bertz CT molecular complexity index is 581. The number of hydrogen-bond donors (Lipinski definition) is 0. The van der Waals surface area contributed by atoms with Gasteiger partial charge in [-0.15, -0.1) is 0 Å². The van der Waals surface area contributed by atoms with Crippen molar-refractivity contribution in [2.75, 3.05) is 13.7 Å². The quantitative estimate of drug-likeness (QED) is 0.635. The molecule has 0 saturated carbocycles. The normalized spacial score (nSPS) is 13.7. The van der Waals surface area contributed by atoms with E-state index in [2.05, 4.69) is 13.8 Å². The number of rotatable bonds is 9. The lowest BCUT2D eigenvalue weighted by molar-refractivity contribution is 0.0657. The van der Waals surface area contributed by atoms with E-state index >= 15 is 0 Å². The Labute approximate surface area is 144 Å². The van der Waals surface area contributed by atoms with Crippen LogP contribution in [0.3, 0.4) is 0 Å². The van der Waals surface area contributed by atoms with E-state index in [1.807, 2.05) is 42.5 Å². The molecule has 2 aromatic rings. The van der Waals surface area contributed by atoms with Crippen molar-refractivity contribution in [3.63, 3.8) is 0 Å². The molecule has 0 heterocycles. The first-order chi connectivity index (χ1) is 11.6. The van der Waals surface area contributed by atoms with Crippen LogP contribution in [0.1, 0.15) is 25.8 Å². The lowest BCUT2D eigenvalue weighted by Gasteiger charge is -2.31. The summed E-state index contributed by atoms with van der Waals surface area (Å²) in [5.41, 5.74) is 1.12. The third kappa shape index (κ3) is 5.64. The Kier molecular flexibility index (Phi) is 7.26. The molecule has 0 fully saturated rings. The number of halogens is 1. The fraction of sp³-hybridized carbons (Fsp3) is 0.429. The summed E-state index contributed by atoms with van der Waals surface area (Å²) in [4.78, 5) is 0. The summed E-state index contributed by atoms with van der Waals surface area (Å²) < 4.78 is 24.8. The highest BCUT2D eigenvalue weighted by Gasteiger charge is 2.26. The largest absolute Gasteiger partial charge is 0.490 e.